The minimum Gasteiger partial charge on any atom is -0.497 e. The van der Waals surface area contributed by atoms with Crippen LogP contribution in [0.25, 0.3) is 10.9 Å². The number of nitrogens with one attached hydrogen (secondary N) is 1. The van der Waals surface area contributed by atoms with Gasteiger partial charge < -0.3 is 15.6 Å². The van der Waals surface area contributed by atoms with Crippen LogP contribution in [0.15, 0.2) is 54.7 Å². The Morgan fingerprint density at radius 2 is 2.12 bits per heavy atom. The van der Waals surface area contributed by atoms with Crippen LogP contribution in [0.4, 0.5) is 0 Å². The molecule has 174 valence electrons. The molecule has 4 N–H and O–H groups in total. The van der Waals surface area contributed by atoms with E-state index in [9.17, 15) is 14.7 Å². The standard InChI is InChI=1S/C26H26N4O4/c1-3-23(31)29-25(33)26(27,11-10-17-6-9-22-18(13-17)5-4-12-28-22)16-30-15-19-7-8-20(34-2)14-21(19)24(30)32/h4-9,12-14,24,32H,3,15-16,27H2,1-2H3,(H,29,31,33)/t24?,26-/m1/s1. The molecule has 1 aliphatic heterocycles. The number of imide groups is 1. The quantitative estimate of drug-likeness (QED) is 0.500. The zero-order valence-electron chi connectivity index (χ0n) is 19.0. The van der Waals surface area contributed by atoms with Crippen molar-refractivity contribution in [1.29, 1.82) is 0 Å². The van der Waals surface area contributed by atoms with Crippen molar-refractivity contribution in [2.75, 3.05) is 13.7 Å². The van der Waals surface area contributed by atoms with Crippen LogP contribution in [-0.4, -0.2) is 46.0 Å². The average Bonchev–Trinajstić information content (AvgIpc) is 3.16. The molecule has 8 nitrogen and oxygen atoms in total. The molecule has 0 bridgehead atoms. The van der Waals surface area contributed by atoms with E-state index < -0.39 is 23.6 Å². The molecule has 3 aromatic rings. The number of nitrogens with zero attached hydrogens (tertiary/aromatic N) is 2. The van der Waals surface area contributed by atoms with Crippen molar-refractivity contribution in [2.24, 2.45) is 5.73 Å². The molecular weight excluding hydrogens is 432 g/mol. The van der Waals surface area contributed by atoms with Gasteiger partial charge in [-0.3, -0.25) is 24.8 Å². The second-order valence-corrected chi connectivity index (χ2v) is 8.21. The third-order valence-electron chi connectivity index (χ3n) is 5.82. The molecule has 0 fully saturated rings. The number of aliphatic hydroxyl groups excluding tert-OH is 1. The van der Waals surface area contributed by atoms with Crippen molar-refractivity contribution < 1.29 is 19.4 Å². The van der Waals surface area contributed by atoms with Gasteiger partial charge in [-0.05, 0) is 42.0 Å². The van der Waals surface area contributed by atoms with Crippen molar-refractivity contribution >= 4 is 22.7 Å². The van der Waals surface area contributed by atoms with Gasteiger partial charge in [0.05, 0.1) is 12.6 Å². The van der Waals surface area contributed by atoms with Crippen molar-refractivity contribution in [1.82, 2.24) is 15.2 Å². The predicted octanol–water partition coefficient (Wildman–Crippen LogP) is 1.85. The predicted molar refractivity (Wildman–Crippen MR) is 127 cm³/mol. The van der Waals surface area contributed by atoms with E-state index in [2.05, 4.69) is 22.1 Å². The van der Waals surface area contributed by atoms with Gasteiger partial charge in [0.1, 0.15) is 12.0 Å². The molecule has 1 unspecified atom stereocenters. The van der Waals surface area contributed by atoms with E-state index in [1.807, 2.05) is 36.4 Å². The van der Waals surface area contributed by atoms with E-state index in [1.165, 1.54) is 0 Å². The largest absolute Gasteiger partial charge is 0.497 e. The Labute approximate surface area is 197 Å². The summed E-state index contributed by atoms with van der Waals surface area (Å²) in [5.74, 6) is 5.30. The Bertz CT molecular complexity index is 1310. The summed E-state index contributed by atoms with van der Waals surface area (Å²) in [6.07, 6.45) is 0.851. The number of rotatable bonds is 5. The maximum absolute atomic E-state index is 13.0. The van der Waals surface area contributed by atoms with E-state index in [-0.39, 0.29) is 13.0 Å². The zero-order valence-corrected chi connectivity index (χ0v) is 19.0. The number of methoxy groups -OCH3 is 1. The number of nitrogens with two attached hydrogens (primary N) is 1. The summed E-state index contributed by atoms with van der Waals surface area (Å²) < 4.78 is 5.25. The van der Waals surface area contributed by atoms with Crippen molar-refractivity contribution in [3.05, 3.63) is 71.4 Å². The molecule has 1 aliphatic rings. The number of carbonyl (C=O) groups excluding carboxylic acids is 2. The molecule has 4 rings (SSSR count). The molecule has 34 heavy (non-hydrogen) atoms. The van der Waals surface area contributed by atoms with E-state index in [1.54, 1.807) is 37.3 Å². The fraction of sp³-hybridized carbons (Fsp3) is 0.269. The molecule has 1 aromatic heterocycles. The summed E-state index contributed by atoms with van der Waals surface area (Å²) >= 11 is 0. The van der Waals surface area contributed by atoms with E-state index in [4.69, 9.17) is 10.5 Å². The summed E-state index contributed by atoms with van der Waals surface area (Å²) in [4.78, 5) is 30.9. The van der Waals surface area contributed by atoms with Gasteiger partial charge in [0.25, 0.3) is 5.91 Å². The average molecular weight is 459 g/mol. The molecule has 0 radical (unpaired) electrons. The number of aromatic nitrogens is 1. The first-order chi connectivity index (χ1) is 16.3. The number of fused-ring (bicyclic) bond motifs is 2. The summed E-state index contributed by atoms with van der Waals surface area (Å²) in [6.45, 7) is 1.93. The van der Waals surface area contributed by atoms with Gasteiger partial charge in [-0.25, -0.2) is 0 Å². The number of aliphatic hydroxyl groups is 1. The minimum absolute atomic E-state index is 0.0872. The van der Waals surface area contributed by atoms with Crippen LogP contribution in [0, 0.1) is 11.8 Å². The maximum Gasteiger partial charge on any atom is 0.260 e. The molecule has 2 heterocycles. The number of amides is 2. The number of pyridine rings is 1. The molecule has 2 atom stereocenters. The molecule has 2 amide bonds. The third kappa shape index (κ3) is 4.77. The zero-order chi connectivity index (χ0) is 24.3. The number of ether oxygens (including phenoxy) is 1. The fourth-order valence-corrected chi connectivity index (χ4v) is 3.88. The normalized spacial score (nSPS) is 16.8. The lowest BCUT2D eigenvalue weighted by Gasteiger charge is -2.29. The number of carbonyl (C=O) groups is 2. The smallest absolute Gasteiger partial charge is 0.260 e. The molecule has 8 heteroatoms. The van der Waals surface area contributed by atoms with Gasteiger partial charge in [-0.15, -0.1) is 0 Å². The van der Waals surface area contributed by atoms with Crippen LogP contribution in [-0.2, 0) is 16.1 Å². The molecule has 0 saturated carbocycles. The Morgan fingerprint density at radius 1 is 1.29 bits per heavy atom. The van der Waals surface area contributed by atoms with Crippen LogP contribution in [0.1, 0.15) is 36.3 Å². The third-order valence-corrected chi connectivity index (χ3v) is 5.82. The Kier molecular flexibility index (Phi) is 6.61. The van der Waals surface area contributed by atoms with Gasteiger partial charge in [0.15, 0.2) is 5.54 Å². The molecule has 0 aliphatic carbocycles. The van der Waals surface area contributed by atoms with Crippen molar-refractivity contribution in [2.45, 2.75) is 31.7 Å². The van der Waals surface area contributed by atoms with E-state index >= 15 is 0 Å². The first kappa shape index (κ1) is 23.4. The Morgan fingerprint density at radius 3 is 2.88 bits per heavy atom. The second kappa shape index (κ2) is 9.61. The summed E-state index contributed by atoms with van der Waals surface area (Å²) in [5, 5.41) is 14.1. The highest BCUT2D eigenvalue weighted by Crippen LogP contribution is 2.34. The minimum atomic E-state index is -1.75. The lowest BCUT2D eigenvalue weighted by Crippen LogP contribution is -2.60. The maximum atomic E-state index is 13.0. The molecule has 0 spiro atoms. The van der Waals surface area contributed by atoms with Gasteiger partial charge in [-0.2, -0.15) is 0 Å². The summed E-state index contributed by atoms with van der Waals surface area (Å²) in [6, 6.07) is 14.7. The summed E-state index contributed by atoms with van der Waals surface area (Å²) in [5.41, 5.74) is 7.82. The number of hydrogen-bond acceptors (Lipinski definition) is 7. The van der Waals surface area contributed by atoms with Crippen molar-refractivity contribution in [3.63, 3.8) is 0 Å². The monoisotopic (exact) mass is 458 g/mol. The number of hydrogen-bond donors (Lipinski definition) is 3. The molecular formula is C26H26N4O4. The van der Waals surface area contributed by atoms with Crippen LogP contribution in [0.3, 0.4) is 0 Å². The molecule has 0 saturated heterocycles. The summed E-state index contributed by atoms with van der Waals surface area (Å²) in [7, 11) is 1.55. The highest BCUT2D eigenvalue weighted by Gasteiger charge is 2.40. The van der Waals surface area contributed by atoms with Crippen LogP contribution >= 0.6 is 0 Å². The van der Waals surface area contributed by atoms with Crippen LogP contribution < -0.4 is 15.8 Å². The van der Waals surface area contributed by atoms with Crippen LogP contribution in [0.2, 0.25) is 0 Å². The lowest BCUT2D eigenvalue weighted by molar-refractivity contribution is -0.133. The van der Waals surface area contributed by atoms with E-state index in [0.717, 1.165) is 16.5 Å². The molecule has 2 aromatic carbocycles. The van der Waals surface area contributed by atoms with Crippen LogP contribution in [0.5, 0.6) is 5.75 Å². The highest BCUT2D eigenvalue weighted by atomic mass is 16.5. The second-order valence-electron chi connectivity index (χ2n) is 8.21. The first-order valence-corrected chi connectivity index (χ1v) is 10.9. The topological polar surface area (TPSA) is 118 Å². The SMILES string of the molecule is CCC(=O)NC(=O)[C@@](N)(C#Cc1ccc2ncccc2c1)CN1Cc2ccc(OC)cc2C1O. The number of benzene rings is 2. The van der Waals surface area contributed by atoms with Gasteiger partial charge in [-0.1, -0.05) is 30.9 Å². The van der Waals surface area contributed by atoms with Gasteiger partial charge >= 0.3 is 0 Å². The fourth-order valence-electron chi connectivity index (χ4n) is 3.88. The van der Waals surface area contributed by atoms with Gasteiger partial charge in [0.2, 0.25) is 5.91 Å². The van der Waals surface area contributed by atoms with E-state index in [0.29, 0.717) is 23.4 Å². The first-order valence-electron chi connectivity index (χ1n) is 10.9. The Hall–Kier alpha value is -3.77. The lowest BCUT2D eigenvalue weighted by atomic mass is 9.98. The highest BCUT2D eigenvalue weighted by molar-refractivity contribution is 6.02. The van der Waals surface area contributed by atoms with Gasteiger partial charge in [0, 0.05) is 42.2 Å². The Balaban J connectivity index is 1.64. The van der Waals surface area contributed by atoms with Crippen molar-refractivity contribution in [3.8, 4) is 17.6 Å².